The van der Waals surface area contributed by atoms with Crippen LogP contribution in [0.2, 0.25) is 0 Å². The van der Waals surface area contributed by atoms with Crippen LogP contribution in [0.3, 0.4) is 0 Å². The van der Waals surface area contributed by atoms with Gasteiger partial charge in [0, 0.05) is 16.5 Å². The molecule has 0 saturated carbocycles. The van der Waals surface area contributed by atoms with Crippen molar-refractivity contribution in [3.63, 3.8) is 0 Å². The minimum atomic E-state index is -0.202. The van der Waals surface area contributed by atoms with Crippen molar-refractivity contribution < 1.29 is 14.3 Å². The Morgan fingerprint density at radius 2 is 2.04 bits per heavy atom. The fourth-order valence-corrected chi connectivity index (χ4v) is 3.42. The van der Waals surface area contributed by atoms with Gasteiger partial charge in [-0.25, -0.2) is 0 Å². The minimum Gasteiger partial charge on any atom is -0.497 e. The second kappa shape index (κ2) is 8.17. The number of hydrogen-bond acceptors (Lipinski definition) is 4. The quantitative estimate of drug-likeness (QED) is 0.736. The van der Waals surface area contributed by atoms with Crippen LogP contribution in [0.1, 0.15) is 23.4 Å². The summed E-state index contributed by atoms with van der Waals surface area (Å²) >= 11 is 4.97. The zero-order valence-electron chi connectivity index (χ0n) is 13.1. The zero-order valence-corrected chi connectivity index (χ0v) is 15.5. The monoisotopic (exact) mass is 395 g/mol. The second-order valence-corrected chi connectivity index (χ2v) is 7.31. The molecular weight excluding hydrogens is 378 g/mol. The summed E-state index contributed by atoms with van der Waals surface area (Å²) in [6.45, 7) is 1.91. The van der Waals surface area contributed by atoms with E-state index in [1.807, 2.05) is 37.3 Å². The molecule has 1 amide bonds. The summed E-state index contributed by atoms with van der Waals surface area (Å²) in [6, 6.07) is 9.22. The molecule has 0 aliphatic carbocycles. The largest absolute Gasteiger partial charge is 0.497 e. The molecule has 23 heavy (non-hydrogen) atoms. The van der Waals surface area contributed by atoms with Gasteiger partial charge in [-0.15, -0.1) is 11.3 Å². The summed E-state index contributed by atoms with van der Waals surface area (Å²) in [6.07, 6.45) is 3.32. The van der Waals surface area contributed by atoms with E-state index in [0.29, 0.717) is 5.75 Å². The van der Waals surface area contributed by atoms with E-state index < -0.39 is 0 Å². The normalized spacial score (nSPS) is 12.2. The Kier molecular flexibility index (Phi) is 6.24. The number of thiophene rings is 1. The molecule has 2 aromatic rings. The van der Waals surface area contributed by atoms with Gasteiger partial charge in [0.25, 0.3) is 0 Å². The molecule has 1 N–H and O–H groups in total. The molecule has 0 aliphatic rings. The van der Waals surface area contributed by atoms with Crippen molar-refractivity contribution in [3.05, 3.63) is 50.6 Å². The van der Waals surface area contributed by atoms with Crippen LogP contribution in [0.15, 0.2) is 40.2 Å². The third-order valence-electron chi connectivity index (χ3n) is 3.26. The number of nitrogens with one attached hydrogen (secondary N) is 1. The highest BCUT2D eigenvalue weighted by atomic mass is 79.9. The summed E-state index contributed by atoms with van der Waals surface area (Å²) in [5, 5.41) is 2.93. The van der Waals surface area contributed by atoms with Gasteiger partial charge in [0.1, 0.15) is 11.5 Å². The van der Waals surface area contributed by atoms with Crippen molar-refractivity contribution >= 4 is 39.2 Å². The van der Waals surface area contributed by atoms with Crippen molar-refractivity contribution in [1.29, 1.82) is 0 Å². The molecule has 0 aliphatic heterocycles. The van der Waals surface area contributed by atoms with E-state index in [9.17, 15) is 4.79 Å². The molecule has 122 valence electrons. The van der Waals surface area contributed by atoms with E-state index in [1.165, 1.54) is 6.08 Å². The molecule has 1 aromatic heterocycles. The lowest BCUT2D eigenvalue weighted by Gasteiger charge is -2.17. The molecule has 0 bridgehead atoms. The highest BCUT2D eigenvalue weighted by molar-refractivity contribution is 9.11. The molecule has 0 spiro atoms. The molecule has 2 rings (SSSR count). The topological polar surface area (TPSA) is 47.6 Å². The Morgan fingerprint density at radius 3 is 2.65 bits per heavy atom. The SMILES string of the molecule is COc1ccc(OC)c([C@@H](C)NC(=O)/C=C/c2ccc(Br)s2)c1. The molecule has 6 heteroatoms. The van der Waals surface area contributed by atoms with E-state index in [-0.39, 0.29) is 11.9 Å². The second-order valence-electron chi connectivity index (χ2n) is 4.81. The maximum atomic E-state index is 12.1. The van der Waals surface area contributed by atoms with Gasteiger partial charge in [0.15, 0.2) is 0 Å². The Hall–Kier alpha value is -1.79. The minimum absolute atomic E-state index is 0.160. The zero-order chi connectivity index (χ0) is 16.8. The standard InChI is InChI=1S/C17H18BrNO3S/c1-11(14-10-12(21-2)4-7-15(14)22-3)19-17(20)9-6-13-5-8-16(18)23-13/h4-11H,1-3H3,(H,19,20)/b9-6+/t11-/m1/s1. The van der Waals surface area contributed by atoms with Crippen molar-refractivity contribution in [2.45, 2.75) is 13.0 Å². The number of methoxy groups -OCH3 is 2. The smallest absolute Gasteiger partial charge is 0.244 e. The maximum Gasteiger partial charge on any atom is 0.244 e. The highest BCUT2D eigenvalue weighted by Gasteiger charge is 2.14. The van der Waals surface area contributed by atoms with Crippen LogP contribution < -0.4 is 14.8 Å². The van der Waals surface area contributed by atoms with Gasteiger partial charge in [-0.1, -0.05) is 0 Å². The number of carbonyl (C=O) groups is 1. The molecule has 0 saturated heterocycles. The first kappa shape index (κ1) is 17.6. The van der Waals surface area contributed by atoms with E-state index in [4.69, 9.17) is 9.47 Å². The molecule has 0 fully saturated rings. The van der Waals surface area contributed by atoms with Gasteiger partial charge < -0.3 is 14.8 Å². The van der Waals surface area contributed by atoms with Gasteiger partial charge in [0.05, 0.1) is 24.0 Å². The molecule has 4 nitrogen and oxygen atoms in total. The van der Waals surface area contributed by atoms with Gasteiger partial charge in [-0.05, 0) is 59.3 Å². The van der Waals surface area contributed by atoms with Crippen LogP contribution in [0.4, 0.5) is 0 Å². The van der Waals surface area contributed by atoms with Crippen LogP contribution in [0, 0.1) is 0 Å². The molecule has 1 aromatic carbocycles. The lowest BCUT2D eigenvalue weighted by Crippen LogP contribution is -2.25. The Balaban J connectivity index is 2.07. The summed E-state index contributed by atoms with van der Waals surface area (Å²) in [7, 11) is 3.21. The van der Waals surface area contributed by atoms with E-state index in [1.54, 1.807) is 31.6 Å². The summed E-state index contributed by atoms with van der Waals surface area (Å²) in [5.41, 5.74) is 0.868. The maximum absolute atomic E-state index is 12.1. The predicted octanol–water partition coefficient (Wildman–Crippen LogP) is 4.42. The van der Waals surface area contributed by atoms with Crippen LogP contribution in [0.5, 0.6) is 11.5 Å². The number of halogens is 1. The fourth-order valence-electron chi connectivity index (χ4n) is 2.09. The van der Waals surface area contributed by atoms with Crippen molar-refractivity contribution in [1.82, 2.24) is 5.32 Å². The van der Waals surface area contributed by atoms with Crippen LogP contribution in [0.25, 0.3) is 6.08 Å². The number of ether oxygens (including phenoxy) is 2. The summed E-state index contributed by atoms with van der Waals surface area (Å²) < 4.78 is 11.6. The Bertz CT molecular complexity index is 712. The third kappa shape index (κ3) is 4.84. The predicted molar refractivity (Wildman–Crippen MR) is 97.2 cm³/mol. The van der Waals surface area contributed by atoms with Crippen LogP contribution in [-0.2, 0) is 4.79 Å². The lowest BCUT2D eigenvalue weighted by atomic mass is 10.1. The van der Waals surface area contributed by atoms with Crippen molar-refractivity contribution in [2.75, 3.05) is 14.2 Å². The number of carbonyl (C=O) groups excluding carboxylic acids is 1. The number of hydrogen-bond donors (Lipinski definition) is 1. The van der Waals surface area contributed by atoms with Crippen molar-refractivity contribution in [2.24, 2.45) is 0 Å². The fraction of sp³-hybridized carbons (Fsp3) is 0.235. The first-order valence-electron chi connectivity index (χ1n) is 6.99. The number of benzene rings is 1. The third-order valence-corrected chi connectivity index (χ3v) is 4.84. The molecule has 0 radical (unpaired) electrons. The average molecular weight is 396 g/mol. The molecule has 1 heterocycles. The molecule has 0 unspecified atom stereocenters. The molecule has 1 atom stereocenters. The van der Waals surface area contributed by atoms with E-state index >= 15 is 0 Å². The van der Waals surface area contributed by atoms with Gasteiger partial charge in [-0.2, -0.15) is 0 Å². The highest BCUT2D eigenvalue weighted by Crippen LogP contribution is 2.29. The van der Waals surface area contributed by atoms with Crippen molar-refractivity contribution in [3.8, 4) is 11.5 Å². The first-order valence-corrected chi connectivity index (χ1v) is 8.60. The first-order chi connectivity index (χ1) is 11.0. The van der Waals surface area contributed by atoms with Gasteiger partial charge in [-0.3, -0.25) is 4.79 Å². The van der Waals surface area contributed by atoms with Crippen LogP contribution >= 0.6 is 27.3 Å². The van der Waals surface area contributed by atoms with Gasteiger partial charge >= 0.3 is 0 Å². The number of rotatable bonds is 6. The summed E-state index contributed by atoms with van der Waals surface area (Å²) in [4.78, 5) is 13.1. The Morgan fingerprint density at radius 1 is 1.26 bits per heavy atom. The Labute approximate surface area is 148 Å². The van der Waals surface area contributed by atoms with E-state index in [2.05, 4.69) is 21.2 Å². The van der Waals surface area contributed by atoms with E-state index in [0.717, 1.165) is 20.0 Å². The lowest BCUT2D eigenvalue weighted by molar-refractivity contribution is -0.117. The summed E-state index contributed by atoms with van der Waals surface area (Å²) in [5.74, 6) is 1.28. The molecular formula is C17H18BrNO3S. The van der Waals surface area contributed by atoms with Gasteiger partial charge in [0.2, 0.25) is 5.91 Å². The van der Waals surface area contributed by atoms with Crippen LogP contribution in [-0.4, -0.2) is 20.1 Å². The average Bonchev–Trinajstić information content (AvgIpc) is 2.97. The number of amides is 1.